The standard InChI is InChI=1S/C24H32N4O4/c1-26-21-8-5-19(15-22(21)27(2)24(26)30)23(29)17-32-20-6-3-18(4-7-20)16-25-9-10-28-11-13-31-14-12-28/h3-8,15,23,25,29H,9-14,16-17H2,1-2H3. The first-order valence-electron chi connectivity index (χ1n) is 11.1. The third-order valence-electron chi connectivity index (χ3n) is 6.05. The number of imidazole rings is 1. The Hall–Kier alpha value is -2.65. The fourth-order valence-corrected chi connectivity index (χ4v) is 4.00. The van der Waals surface area contributed by atoms with Gasteiger partial charge in [0.1, 0.15) is 18.5 Å². The van der Waals surface area contributed by atoms with Crippen LogP contribution in [0.2, 0.25) is 0 Å². The Morgan fingerprint density at radius 3 is 2.53 bits per heavy atom. The smallest absolute Gasteiger partial charge is 0.328 e. The molecule has 8 heteroatoms. The van der Waals surface area contributed by atoms with E-state index in [0.29, 0.717) is 5.75 Å². The minimum atomic E-state index is -0.781. The van der Waals surface area contributed by atoms with Gasteiger partial charge in [-0.2, -0.15) is 0 Å². The summed E-state index contributed by atoms with van der Waals surface area (Å²) in [6.45, 7) is 6.61. The predicted octanol–water partition coefficient (Wildman–Crippen LogP) is 1.41. The number of hydrogen-bond donors (Lipinski definition) is 2. The quantitative estimate of drug-likeness (QED) is 0.490. The van der Waals surface area contributed by atoms with E-state index in [1.807, 2.05) is 42.5 Å². The van der Waals surface area contributed by atoms with Gasteiger partial charge in [-0.05, 0) is 35.4 Å². The predicted molar refractivity (Wildman–Crippen MR) is 124 cm³/mol. The van der Waals surface area contributed by atoms with Crippen LogP contribution in [-0.4, -0.2) is 65.1 Å². The van der Waals surface area contributed by atoms with Crippen LogP contribution in [0.5, 0.6) is 5.75 Å². The largest absolute Gasteiger partial charge is 0.491 e. The monoisotopic (exact) mass is 440 g/mol. The molecule has 1 aromatic heterocycles. The normalized spacial score (nSPS) is 15.8. The number of fused-ring (bicyclic) bond motifs is 1. The number of rotatable bonds is 9. The SMILES string of the molecule is Cn1c(=O)n(C)c2cc(C(O)COc3ccc(CNCCN4CCOCC4)cc3)ccc21. The lowest BCUT2D eigenvalue weighted by Gasteiger charge is -2.26. The molecule has 1 aliphatic rings. The number of ether oxygens (including phenoxy) is 2. The molecule has 0 amide bonds. The number of aliphatic hydroxyl groups is 1. The molecule has 1 atom stereocenters. The Balaban J connectivity index is 1.25. The minimum absolute atomic E-state index is 0.0847. The number of aliphatic hydroxyl groups excluding tert-OH is 1. The fraction of sp³-hybridized carbons (Fsp3) is 0.458. The van der Waals surface area contributed by atoms with Gasteiger partial charge < -0.3 is 19.9 Å². The van der Waals surface area contributed by atoms with Gasteiger partial charge in [0, 0.05) is 46.8 Å². The average molecular weight is 441 g/mol. The van der Waals surface area contributed by atoms with Crippen molar-refractivity contribution in [2.45, 2.75) is 12.6 Å². The number of nitrogens with one attached hydrogen (secondary N) is 1. The molecular weight excluding hydrogens is 408 g/mol. The summed E-state index contributed by atoms with van der Waals surface area (Å²) in [6, 6.07) is 13.5. The Morgan fingerprint density at radius 2 is 1.78 bits per heavy atom. The maximum absolute atomic E-state index is 12.1. The lowest BCUT2D eigenvalue weighted by Crippen LogP contribution is -2.40. The lowest BCUT2D eigenvalue weighted by atomic mass is 10.1. The Morgan fingerprint density at radius 1 is 1.06 bits per heavy atom. The molecule has 1 aliphatic heterocycles. The second-order valence-electron chi connectivity index (χ2n) is 8.25. The molecule has 2 N–H and O–H groups in total. The van der Waals surface area contributed by atoms with Crippen LogP contribution in [0.1, 0.15) is 17.2 Å². The molecule has 2 heterocycles. The number of morpholine rings is 1. The van der Waals surface area contributed by atoms with Gasteiger partial charge in [0.05, 0.1) is 24.2 Å². The maximum atomic E-state index is 12.1. The molecule has 0 saturated carbocycles. The number of aromatic nitrogens is 2. The van der Waals surface area contributed by atoms with Crippen LogP contribution in [0.3, 0.4) is 0 Å². The van der Waals surface area contributed by atoms with Gasteiger partial charge >= 0.3 is 5.69 Å². The summed E-state index contributed by atoms with van der Waals surface area (Å²) in [6.07, 6.45) is -0.781. The van der Waals surface area contributed by atoms with Crippen molar-refractivity contribution < 1.29 is 14.6 Å². The third-order valence-corrected chi connectivity index (χ3v) is 6.05. The summed E-state index contributed by atoms with van der Waals surface area (Å²) in [7, 11) is 3.48. The van der Waals surface area contributed by atoms with Crippen LogP contribution in [0.4, 0.5) is 0 Å². The second-order valence-corrected chi connectivity index (χ2v) is 8.25. The van der Waals surface area contributed by atoms with Crippen molar-refractivity contribution in [3.63, 3.8) is 0 Å². The zero-order valence-corrected chi connectivity index (χ0v) is 18.8. The van der Waals surface area contributed by atoms with Crippen LogP contribution in [0, 0.1) is 0 Å². The summed E-state index contributed by atoms with van der Waals surface area (Å²) in [5, 5.41) is 14.0. The molecule has 0 radical (unpaired) electrons. The van der Waals surface area contributed by atoms with Gasteiger partial charge in [0.25, 0.3) is 0 Å². The molecule has 1 unspecified atom stereocenters. The highest BCUT2D eigenvalue weighted by molar-refractivity contribution is 5.76. The van der Waals surface area contributed by atoms with Crippen molar-refractivity contribution in [2.75, 3.05) is 46.0 Å². The van der Waals surface area contributed by atoms with Crippen LogP contribution < -0.4 is 15.7 Å². The Bertz CT molecular complexity index is 1080. The average Bonchev–Trinajstić information content (AvgIpc) is 3.05. The molecule has 1 saturated heterocycles. The van der Waals surface area contributed by atoms with Crippen molar-refractivity contribution in [2.24, 2.45) is 14.1 Å². The molecule has 32 heavy (non-hydrogen) atoms. The Kier molecular flexibility index (Phi) is 7.26. The van der Waals surface area contributed by atoms with E-state index >= 15 is 0 Å². The third kappa shape index (κ3) is 5.21. The fourth-order valence-electron chi connectivity index (χ4n) is 4.00. The number of nitrogens with zero attached hydrogens (tertiary/aromatic N) is 3. The van der Waals surface area contributed by atoms with Crippen molar-refractivity contribution in [3.8, 4) is 5.75 Å². The molecular formula is C24H32N4O4. The molecule has 8 nitrogen and oxygen atoms in total. The van der Waals surface area contributed by atoms with E-state index in [1.165, 1.54) is 5.56 Å². The van der Waals surface area contributed by atoms with E-state index in [-0.39, 0.29) is 12.3 Å². The molecule has 4 rings (SSSR count). The zero-order valence-electron chi connectivity index (χ0n) is 18.8. The van der Waals surface area contributed by atoms with E-state index in [0.717, 1.165) is 62.5 Å². The number of aryl methyl sites for hydroxylation is 2. The molecule has 2 aromatic carbocycles. The van der Waals surface area contributed by atoms with Crippen molar-refractivity contribution in [1.29, 1.82) is 0 Å². The lowest BCUT2D eigenvalue weighted by molar-refractivity contribution is 0.0384. The highest BCUT2D eigenvalue weighted by Crippen LogP contribution is 2.21. The summed E-state index contributed by atoms with van der Waals surface area (Å²) in [5.41, 5.74) is 3.46. The van der Waals surface area contributed by atoms with Gasteiger partial charge in [-0.1, -0.05) is 18.2 Å². The van der Waals surface area contributed by atoms with Gasteiger partial charge in [-0.15, -0.1) is 0 Å². The van der Waals surface area contributed by atoms with E-state index in [1.54, 1.807) is 23.2 Å². The number of hydrogen-bond acceptors (Lipinski definition) is 6. The van der Waals surface area contributed by atoms with Gasteiger partial charge in [0.2, 0.25) is 0 Å². The maximum Gasteiger partial charge on any atom is 0.328 e. The molecule has 0 spiro atoms. The zero-order chi connectivity index (χ0) is 22.5. The first-order chi connectivity index (χ1) is 15.5. The first-order valence-corrected chi connectivity index (χ1v) is 11.1. The van der Waals surface area contributed by atoms with E-state index < -0.39 is 6.10 Å². The van der Waals surface area contributed by atoms with E-state index in [4.69, 9.17) is 9.47 Å². The van der Waals surface area contributed by atoms with Crippen LogP contribution in [0.25, 0.3) is 11.0 Å². The molecule has 0 bridgehead atoms. The molecule has 172 valence electrons. The highest BCUT2D eigenvalue weighted by Gasteiger charge is 2.13. The van der Waals surface area contributed by atoms with Crippen molar-refractivity contribution >= 4 is 11.0 Å². The van der Waals surface area contributed by atoms with Crippen LogP contribution >= 0.6 is 0 Å². The summed E-state index contributed by atoms with van der Waals surface area (Å²) in [5.74, 6) is 0.717. The first kappa shape index (κ1) is 22.5. The van der Waals surface area contributed by atoms with E-state index in [9.17, 15) is 9.90 Å². The van der Waals surface area contributed by atoms with Gasteiger partial charge in [0.15, 0.2) is 0 Å². The summed E-state index contributed by atoms with van der Waals surface area (Å²) in [4.78, 5) is 14.5. The topological polar surface area (TPSA) is 80.9 Å². The minimum Gasteiger partial charge on any atom is -0.491 e. The van der Waals surface area contributed by atoms with Crippen LogP contribution in [-0.2, 0) is 25.4 Å². The van der Waals surface area contributed by atoms with E-state index in [2.05, 4.69) is 10.2 Å². The second kappa shape index (κ2) is 10.3. The Labute approximate surface area is 188 Å². The van der Waals surface area contributed by atoms with Gasteiger partial charge in [-0.3, -0.25) is 14.0 Å². The van der Waals surface area contributed by atoms with Crippen molar-refractivity contribution in [1.82, 2.24) is 19.4 Å². The van der Waals surface area contributed by atoms with Gasteiger partial charge in [-0.25, -0.2) is 4.79 Å². The van der Waals surface area contributed by atoms with Crippen molar-refractivity contribution in [3.05, 3.63) is 64.1 Å². The molecule has 1 fully saturated rings. The molecule has 3 aromatic rings. The van der Waals surface area contributed by atoms with Crippen LogP contribution in [0.15, 0.2) is 47.3 Å². The number of benzene rings is 2. The highest BCUT2D eigenvalue weighted by atomic mass is 16.5. The summed E-state index contributed by atoms with van der Waals surface area (Å²) >= 11 is 0. The summed E-state index contributed by atoms with van der Waals surface area (Å²) < 4.78 is 14.3. The molecule has 0 aliphatic carbocycles.